The van der Waals surface area contributed by atoms with Crippen molar-refractivity contribution in [2.45, 2.75) is 4.21 Å². The van der Waals surface area contributed by atoms with E-state index in [4.69, 9.17) is 4.42 Å². The minimum Gasteiger partial charge on any atom is -0.455 e. The van der Waals surface area contributed by atoms with Gasteiger partial charge < -0.3 is 4.42 Å². The van der Waals surface area contributed by atoms with Crippen molar-refractivity contribution in [2.24, 2.45) is 5.10 Å². The molecule has 4 rings (SSSR count). The lowest BCUT2D eigenvalue weighted by atomic mass is 10.2. The second kappa shape index (κ2) is 9.16. The van der Waals surface area contributed by atoms with Gasteiger partial charge in [0, 0.05) is 5.56 Å². The van der Waals surface area contributed by atoms with Crippen LogP contribution >= 0.6 is 11.3 Å². The zero-order chi connectivity index (χ0) is 22.6. The monoisotopic (exact) mass is 469 g/mol. The number of nitrogens with one attached hydrogen (secondary N) is 2. The summed E-state index contributed by atoms with van der Waals surface area (Å²) in [6.07, 6.45) is 1.31. The van der Waals surface area contributed by atoms with Gasteiger partial charge in [-0.2, -0.15) is 5.10 Å². The second-order valence-electron chi connectivity index (χ2n) is 6.49. The number of hydrogen-bond acceptors (Lipinski definition) is 6. The van der Waals surface area contributed by atoms with Gasteiger partial charge in [0.05, 0.1) is 17.5 Å². The number of anilines is 1. The Hall–Kier alpha value is -3.76. The van der Waals surface area contributed by atoms with Gasteiger partial charge in [0.1, 0.15) is 21.5 Å². The van der Waals surface area contributed by atoms with Gasteiger partial charge in [-0.15, -0.1) is 11.3 Å². The van der Waals surface area contributed by atoms with E-state index in [-0.39, 0.29) is 21.3 Å². The highest BCUT2D eigenvalue weighted by Gasteiger charge is 2.19. The Kier molecular flexibility index (Phi) is 6.15. The molecule has 0 atom stereocenters. The van der Waals surface area contributed by atoms with Gasteiger partial charge in [0.2, 0.25) is 0 Å². The van der Waals surface area contributed by atoms with Crippen LogP contribution in [0.2, 0.25) is 0 Å². The summed E-state index contributed by atoms with van der Waals surface area (Å²) in [6.45, 7) is 0. The van der Waals surface area contributed by atoms with Crippen molar-refractivity contribution in [2.75, 3.05) is 4.72 Å². The number of benzene rings is 2. The summed E-state index contributed by atoms with van der Waals surface area (Å²) in [4.78, 5) is 12.6. The fraction of sp³-hybridized carbons (Fsp3) is 0. The van der Waals surface area contributed by atoms with Crippen LogP contribution in [0.15, 0.2) is 91.9 Å². The van der Waals surface area contributed by atoms with Crippen molar-refractivity contribution < 1.29 is 22.0 Å². The number of carbonyl (C=O) groups excluding carboxylic acids is 1. The van der Waals surface area contributed by atoms with Crippen molar-refractivity contribution in [1.82, 2.24) is 5.43 Å². The first-order valence-corrected chi connectivity index (χ1v) is 11.6. The molecule has 2 aromatic heterocycles. The van der Waals surface area contributed by atoms with Crippen LogP contribution in [0.25, 0.3) is 11.3 Å². The number of carbonyl (C=O) groups is 1. The molecule has 0 saturated carbocycles. The molecule has 0 aliphatic heterocycles. The number of sulfonamides is 1. The van der Waals surface area contributed by atoms with E-state index in [9.17, 15) is 17.6 Å². The molecule has 2 N–H and O–H groups in total. The van der Waals surface area contributed by atoms with Gasteiger partial charge in [0.15, 0.2) is 0 Å². The fourth-order valence-corrected chi connectivity index (χ4v) is 4.86. The van der Waals surface area contributed by atoms with Gasteiger partial charge in [-0.25, -0.2) is 18.2 Å². The van der Waals surface area contributed by atoms with Crippen molar-refractivity contribution in [3.63, 3.8) is 0 Å². The topological polar surface area (TPSA) is 101 Å². The molecule has 1 amide bonds. The molecule has 4 aromatic rings. The lowest BCUT2D eigenvalue weighted by Gasteiger charge is -2.10. The van der Waals surface area contributed by atoms with E-state index < -0.39 is 15.9 Å². The molecule has 0 spiro atoms. The van der Waals surface area contributed by atoms with Crippen molar-refractivity contribution in [1.29, 1.82) is 0 Å². The normalized spacial score (nSPS) is 11.5. The predicted octanol–water partition coefficient (Wildman–Crippen LogP) is 4.71. The number of amides is 1. The van der Waals surface area contributed by atoms with Crippen LogP contribution in [0.5, 0.6) is 0 Å². The van der Waals surface area contributed by atoms with Gasteiger partial charge in [-0.3, -0.25) is 9.52 Å². The number of furan rings is 1. The molecule has 10 heteroatoms. The molecule has 32 heavy (non-hydrogen) atoms. The highest BCUT2D eigenvalue weighted by molar-refractivity contribution is 7.94. The highest BCUT2D eigenvalue weighted by atomic mass is 32.2. The van der Waals surface area contributed by atoms with E-state index in [1.165, 1.54) is 36.5 Å². The number of para-hydroxylation sites is 1. The van der Waals surface area contributed by atoms with Crippen molar-refractivity contribution in [3.05, 3.63) is 95.3 Å². The molecular weight excluding hydrogens is 453 g/mol. The average molecular weight is 470 g/mol. The Morgan fingerprint density at radius 3 is 2.53 bits per heavy atom. The highest BCUT2D eigenvalue weighted by Crippen LogP contribution is 2.23. The molecule has 0 fully saturated rings. The predicted molar refractivity (Wildman–Crippen MR) is 121 cm³/mol. The Bertz CT molecular complexity index is 1360. The summed E-state index contributed by atoms with van der Waals surface area (Å²) in [5.74, 6) is -0.0544. The maximum absolute atomic E-state index is 13.1. The summed E-state index contributed by atoms with van der Waals surface area (Å²) >= 11 is 1.07. The molecule has 0 aliphatic rings. The quantitative estimate of drug-likeness (QED) is 0.302. The Labute approximate surface area is 187 Å². The Morgan fingerprint density at radius 2 is 1.78 bits per heavy atom. The van der Waals surface area contributed by atoms with Crippen LogP contribution in [-0.2, 0) is 10.0 Å². The van der Waals surface area contributed by atoms with Crippen LogP contribution < -0.4 is 10.1 Å². The lowest BCUT2D eigenvalue weighted by molar-refractivity contribution is 0.0956. The number of thiophene rings is 1. The minimum absolute atomic E-state index is 0.108. The molecule has 0 radical (unpaired) electrons. The number of hydrogen-bond donors (Lipinski definition) is 2. The average Bonchev–Trinajstić information content (AvgIpc) is 3.47. The first-order chi connectivity index (χ1) is 15.4. The molecule has 0 bridgehead atoms. The standard InChI is InChI=1S/C22H16FN3O4S2/c23-16-9-7-15(8-10-16)20-12-11-17(30-20)14-24-25-22(27)18-4-1-2-5-19(18)26-32(28,29)21-6-3-13-31-21/h1-14,26H,(H,25,27). The van der Waals surface area contributed by atoms with E-state index in [1.54, 1.807) is 47.8 Å². The SMILES string of the molecule is O=C(NN=Cc1ccc(-c2ccc(F)cc2)o1)c1ccccc1NS(=O)(=O)c1cccs1. The largest absolute Gasteiger partial charge is 0.455 e. The zero-order valence-corrected chi connectivity index (χ0v) is 18.0. The smallest absolute Gasteiger partial charge is 0.273 e. The molecular formula is C22H16FN3O4S2. The lowest BCUT2D eigenvalue weighted by Crippen LogP contribution is -2.21. The summed E-state index contributed by atoms with van der Waals surface area (Å²) in [5, 5.41) is 5.52. The summed E-state index contributed by atoms with van der Waals surface area (Å²) < 4.78 is 46.2. The summed E-state index contributed by atoms with van der Waals surface area (Å²) in [7, 11) is -3.80. The van der Waals surface area contributed by atoms with Crippen molar-refractivity contribution >= 4 is 39.2 Å². The first kappa shape index (κ1) is 21.5. The number of nitrogens with zero attached hydrogens (tertiary/aromatic N) is 1. The maximum Gasteiger partial charge on any atom is 0.273 e. The Balaban J connectivity index is 1.45. The fourth-order valence-electron chi connectivity index (χ4n) is 2.79. The molecule has 2 aromatic carbocycles. The zero-order valence-electron chi connectivity index (χ0n) is 16.4. The molecule has 7 nitrogen and oxygen atoms in total. The molecule has 162 valence electrons. The third kappa shape index (κ3) is 4.93. The third-order valence-corrected chi connectivity index (χ3v) is 7.05. The molecule has 0 saturated heterocycles. The number of halogens is 1. The van der Waals surface area contributed by atoms with Crippen molar-refractivity contribution in [3.8, 4) is 11.3 Å². The van der Waals surface area contributed by atoms with E-state index in [1.807, 2.05) is 0 Å². The number of hydrazone groups is 1. The van der Waals surface area contributed by atoms with E-state index in [2.05, 4.69) is 15.2 Å². The van der Waals surface area contributed by atoms with Crippen LogP contribution in [0, 0.1) is 5.82 Å². The minimum atomic E-state index is -3.80. The summed E-state index contributed by atoms with van der Waals surface area (Å²) in [6, 6.07) is 18.5. The molecule has 0 aliphatic carbocycles. The van der Waals surface area contributed by atoms with Gasteiger partial charge in [0.25, 0.3) is 15.9 Å². The second-order valence-corrected chi connectivity index (χ2v) is 9.35. The van der Waals surface area contributed by atoms with Crippen LogP contribution in [0.4, 0.5) is 10.1 Å². The van der Waals surface area contributed by atoms with Gasteiger partial charge in [-0.05, 0) is 60.0 Å². The number of rotatable bonds is 7. The summed E-state index contributed by atoms with van der Waals surface area (Å²) in [5.41, 5.74) is 3.29. The van der Waals surface area contributed by atoms with Crippen LogP contribution in [-0.4, -0.2) is 20.5 Å². The molecule has 2 heterocycles. The molecule has 0 unspecified atom stereocenters. The van der Waals surface area contributed by atoms with E-state index in [0.29, 0.717) is 17.1 Å². The van der Waals surface area contributed by atoms with Crippen LogP contribution in [0.1, 0.15) is 16.1 Å². The Morgan fingerprint density at radius 1 is 1.00 bits per heavy atom. The van der Waals surface area contributed by atoms with Crippen LogP contribution in [0.3, 0.4) is 0 Å². The first-order valence-electron chi connectivity index (χ1n) is 9.27. The van der Waals surface area contributed by atoms with Gasteiger partial charge >= 0.3 is 0 Å². The van der Waals surface area contributed by atoms with E-state index in [0.717, 1.165) is 11.3 Å². The van der Waals surface area contributed by atoms with Gasteiger partial charge in [-0.1, -0.05) is 18.2 Å². The maximum atomic E-state index is 13.1. The van der Waals surface area contributed by atoms with E-state index >= 15 is 0 Å². The third-order valence-electron chi connectivity index (χ3n) is 4.29.